The van der Waals surface area contributed by atoms with Gasteiger partial charge in [0.2, 0.25) is 0 Å². The van der Waals surface area contributed by atoms with Gasteiger partial charge >= 0.3 is 5.97 Å². The summed E-state index contributed by atoms with van der Waals surface area (Å²) in [5, 5.41) is 0. The topological polar surface area (TPSA) is 26.3 Å². The van der Waals surface area contributed by atoms with E-state index < -0.39 is 0 Å². The molecule has 1 saturated carbocycles. The number of hydrogen-bond acceptors (Lipinski definition) is 3. The first-order valence-corrected chi connectivity index (χ1v) is 6.96. The van der Waals surface area contributed by atoms with E-state index >= 15 is 0 Å². The Bertz CT molecular complexity index is 422. The summed E-state index contributed by atoms with van der Waals surface area (Å²) in [6.45, 7) is 4.25. The molecule has 0 aliphatic heterocycles. The van der Waals surface area contributed by atoms with Gasteiger partial charge in [0.25, 0.3) is 0 Å². The van der Waals surface area contributed by atoms with Gasteiger partial charge in [0.05, 0.1) is 13.0 Å². The Kier molecular flexibility index (Phi) is 3.21. The van der Waals surface area contributed by atoms with Crippen molar-refractivity contribution in [3.63, 3.8) is 0 Å². The number of thioether (sulfide) groups is 1. The van der Waals surface area contributed by atoms with Gasteiger partial charge < -0.3 is 4.74 Å². The second-order valence-electron chi connectivity index (χ2n) is 5.07. The second-order valence-corrected chi connectivity index (χ2v) is 5.95. The Morgan fingerprint density at radius 1 is 1.29 bits per heavy atom. The Labute approximate surface area is 107 Å². The summed E-state index contributed by atoms with van der Waals surface area (Å²) in [6, 6.07) is 8.48. The average molecular weight is 250 g/mol. The molecule has 0 bridgehead atoms. The van der Waals surface area contributed by atoms with Crippen molar-refractivity contribution in [2.75, 3.05) is 13.4 Å². The smallest absolute Gasteiger partial charge is 0.309 e. The van der Waals surface area contributed by atoms with Gasteiger partial charge in [-0.2, -0.15) is 0 Å². The molecule has 0 saturated heterocycles. The van der Waals surface area contributed by atoms with Gasteiger partial charge in [0, 0.05) is 10.8 Å². The van der Waals surface area contributed by atoms with Crippen molar-refractivity contribution < 1.29 is 9.53 Å². The first-order chi connectivity index (χ1) is 8.02. The van der Waals surface area contributed by atoms with E-state index in [0.29, 0.717) is 5.92 Å². The maximum Gasteiger partial charge on any atom is 0.309 e. The van der Waals surface area contributed by atoms with Crippen LogP contribution < -0.4 is 0 Å². The minimum absolute atomic E-state index is 0.00706. The molecule has 17 heavy (non-hydrogen) atoms. The molecule has 0 aromatic heterocycles. The first kappa shape index (κ1) is 12.5. The standard InChI is InChI=1S/C14H18O2S/c1-14(2)11(12(14)13(15)16-3)9-5-7-10(17-4)8-6-9/h5-8,11-12H,1-4H3/t11-,12+/m1/s1. The van der Waals surface area contributed by atoms with Gasteiger partial charge in [-0.3, -0.25) is 4.79 Å². The third-order valence-electron chi connectivity index (χ3n) is 3.76. The average Bonchev–Trinajstić information content (AvgIpc) is 2.91. The number of methoxy groups -OCH3 is 1. The molecule has 1 aromatic carbocycles. The van der Waals surface area contributed by atoms with Crippen LogP contribution >= 0.6 is 11.8 Å². The molecule has 3 heteroatoms. The van der Waals surface area contributed by atoms with Gasteiger partial charge in [0.15, 0.2) is 0 Å². The number of carbonyl (C=O) groups is 1. The molecule has 1 fully saturated rings. The second kappa shape index (κ2) is 4.37. The van der Waals surface area contributed by atoms with Gasteiger partial charge in [-0.05, 0) is 29.4 Å². The highest BCUT2D eigenvalue weighted by Crippen LogP contribution is 2.64. The Morgan fingerprint density at radius 3 is 2.35 bits per heavy atom. The van der Waals surface area contributed by atoms with E-state index in [1.807, 2.05) is 0 Å². The third kappa shape index (κ3) is 2.08. The first-order valence-electron chi connectivity index (χ1n) is 5.74. The Morgan fingerprint density at radius 2 is 1.88 bits per heavy atom. The van der Waals surface area contributed by atoms with Crippen LogP contribution in [0.4, 0.5) is 0 Å². The van der Waals surface area contributed by atoms with Crippen LogP contribution in [0.15, 0.2) is 29.2 Å². The number of hydrogen-bond donors (Lipinski definition) is 0. The summed E-state index contributed by atoms with van der Waals surface area (Å²) in [6.07, 6.45) is 2.06. The van der Waals surface area contributed by atoms with E-state index in [1.54, 1.807) is 11.8 Å². The van der Waals surface area contributed by atoms with Crippen molar-refractivity contribution in [1.82, 2.24) is 0 Å². The van der Waals surface area contributed by atoms with Crippen molar-refractivity contribution in [2.24, 2.45) is 11.3 Å². The van der Waals surface area contributed by atoms with E-state index in [0.717, 1.165) is 0 Å². The summed E-state index contributed by atoms with van der Waals surface area (Å²) < 4.78 is 4.86. The lowest BCUT2D eigenvalue weighted by atomic mass is 10.0. The summed E-state index contributed by atoms with van der Waals surface area (Å²) in [5.41, 5.74) is 1.26. The molecule has 1 aromatic rings. The lowest BCUT2D eigenvalue weighted by molar-refractivity contribution is -0.143. The van der Waals surface area contributed by atoms with Crippen molar-refractivity contribution >= 4 is 17.7 Å². The lowest BCUT2D eigenvalue weighted by Gasteiger charge is -2.03. The molecule has 0 radical (unpaired) electrons. The molecule has 1 aliphatic rings. The highest BCUT2D eigenvalue weighted by atomic mass is 32.2. The van der Waals surface area contributed by atoms with Crippen molar-refractivity contribution in [2.45, 2.75) is 24.7 Å². The molecule has 92 valence electrons. The van der Waals surface area contributed by atoms with Crippen LogP contribution in [0.3, 0.4) is 0 Å². The van der Waals surface area contributed by atoms with Crippen molar-refractivity contribution in [3.05, 3.63) is 29.8 Å². The maximum atomic E-state index is 11.7. The summed E-state index contributed by atoms with van der Waals surface area (Å²) in [4.78, 5) is 12.9. The quantitative estimate of drug-likeness (QED) is 0.608. The molecule has 0 amide bonds. The molecule has 1 aliphatic carbocycles. The fourth-order valence-corrected chi connectivity index (χ4v) is 3.05. The predicted octanol–water partition coefficient (Wildman–Crippen LogP) is 3.32. The van der Waals surface area contributed by atoms with Gasteiger partial charge in [0.1, 0.15) is 0 Å². The molecule has 0 heterocycles. The number of ether oxygens (including phenoxy) is 1. The molecule has 2 rings (SSSR count). The molecule has 2 atom stereocenters. The van der Waals surface area contributed by atoms with E-state index in [2.05, 4.69) is 44.4 Å². The summed E-state index contributed by atoms with van der Waals surface area (Å²) in [7, 11) is 1.46. The molecular weight excluding hydrogens is 232 g/mol. The lowest BCUT2D eigenvalue weighted by Crippen LogP contribution is -2.07. The SMILES string of the molecule is COC(=O)[C@@H]1[C@@H](c2ccc(SC)cc2)C1(C)C. The largest absolute Gasteiger partial charge is 0.469 e. The molecule has 0 spiro atoms. The zero-order valence-electron chi connectivity index (χ0n) is 10.7. The zero-order chi connectivity index (χ0) is 12.6. The highest BCUT2D eigenvalue weighted by Gasteiger charge is 2.62. The summed E-state index contributed by atoms with van der Waals surface area (Å²) in [5.74, 6) is 0.215. The van der Waals surface area contributed by atoms with Crippen LogP contribution in [-0.4, -0.2) is 19.3 Å². The van der Waals surface area contributed by atoms with Gasteiger partial charge in [-0.15, -0.1) is 11.8 Å². The van der Waals surface area contributed by atoms with Gasteiger partial charge in [-0.1, -0.05) is 26.0 Å². The fourth-order valence-electron chi connectivity index (χ4n) is 2.64. The number of benzene rings is 1. The zero-order valence-corrected chi connectivity index (χ0v) is 11.5. The number of carbonyl (C=O) groups excluding carboxylic acids is 1. The molecule has 0 N–H and O–H groups in total. The number of esters is 1. The maximum absolute atomic E-state index is 11.7. The van der Waals surface area contributed by atoms with E-state index in [9.17, 15) is 4.79 Å². The van der Waals surface area contributed by atoms with Crippen LogP contribution in [0.25, 0.3) is 0 Å². The van der Waals surface area contributed by atoms with Crippen LogP contribution in [-0.2, 0) is 9.53 Å². The number of rotatable bonds is 3. The van der Waals surface area contributed by atoms with Crippen molar-refractivity contribution in [3.8, 4) is 0 Å². The van der Waals surface area contributed by atoms with E-state index in [4.69, 9.17) is 4.74 Å². The minimum atomic E-state index is -0.0889. The van der Waals surface area contributed by atoms with Crippen LogP contribution in [0.2, 0.25) is 0 Å². The third-order valence-corrected chi connectivity index (χ3v) is 4.50. The van der Waals surface area contributed by atoms with Crippen LogP contribution in [0.5, 0.6) is 0 Å². The Hall–Kier alpha value is -0.960. The van der Waals surface area contributed by atoms with E-state index in [-0.39, 0.29) is 17.3 Å². The normalized spacial score (nSPS) is 25.4. The highest BCUT2D eigenvalue weighted by molar-refractivity contribution is 7.98. The van der Waals surface area contributed by atoms with Crippen LogP contribution in [0.1, 0.15) is 25.3 Å². The fraction of sp³-hybridized carbons (Fsp3) is 0.500. The van der Waals surface area contributed by atoms with Crippen molar-refractivity contribution in [1.29, 1.82) is 0 Å². The monoisotopic (exact) mass is 250 g/mol. The predicted molar refractivity (Wildman–Crippen MR) is 70.3 cm³/mol. The molecular formula is C14H18O2S. The minimum Gasteiger partial charge on any atom is -0.469 e. The van der Waals surface area contributed by atoms with E-state index in [1.165, 1.54) is 17.6 Å². The molecule has 0 unspecified atom stereocenters. The Balaban J connectivity index is 2.21. The van der Waals surface area contributed by atoms with Crippen LogP contribution in [0, 0.1) is 11.3 Å². The molecule has 2 nitrogen and oxygen atoms in total. The summed E-state index contributed by atoms with van der Waals surface area (Å²) >= 11 is 1.73. The van der Waals surface area contributed by atoms with Gasteiger partial charge in [-0.25, -0.2) is 0 Å².